The zero-order chi connectivity index (χ0) is 12.1. The number of aromatic amines is 1. The minimum atomic E-state index is -1.11. The van der Waals surface area contributed by atoms with Gasteiger partial charge >= 0.3 is 5.97 Å². The lowest BCUT2D eigenvalue weighted by Crippen LogP contribution is -2.40. The quantitative estimate of drug-likeness (QED) is 0.631. The highest BCUT2D eigenvalue weighted by Crippen LogP contribution is 1.95. The Morgan fingerprint density at radius 1 is 1.56 bits per heavy atom. The van der Waals surface area contributed by atoms with Crippen molar-refractivity contribution in [3.05, 3.63) is 28.2 Å². The van der Waals surface area contributed by atoms with Gasteiger partial charge < -0.3 is 10.4 Å². The highest BCUT2D eigenvalue weighted by atomic mass is 16.4. The van der Waals surface area contributed by atoms with E-state index in [2.05, 4.69) is 15.5 Å². The van der Waals surface area contributed by atoms with Crippen LogP contribution in [-0.2, 0) is 4.79 Å². The van der Waals surface area contributed by atoms with E-state index in [0.29, 0.717) is 0 Å². The maximum atomic E-state index is 11.5. The third-order valence-corrected chi connectivity index (χ3v) is 1.92. The van der Waals surface area contributed by atoms with E-state index in [-0.39, 0.29) is 12.1 Å². The molecular formula is C9H11N3O4. The fraction of sp³-hybridized carbons (Fsp3) is 0.333. The van der Waals surface area contributed by atoms with Crippen molar-refractivity contribution in [2.24, 2.45) is 0 Å². The number of rotatable bonds is 4. The molecule has 1 aromatic heterocycles. The van der Waals surface area contributed by atoms with Gasteiger partial charge in [0.15, 0.2) is 0 Å². The Kier molecular flexibility index (Phi) is 3.76. The van der Waals surface area contributed by atoms with Gasteiger partial charge in [0.05, 0.1) is 0 Å². The number of carboxylic acids is 1. The second kappa shape index (κ2) is 5.06. The molecule has 1 amide bonds. The Labute approximate surface area is 90.5 Å². The lowest BCUT2D eigenvalue weighted by molar-refractivity contribution is -0.139. The predicted octanol–water partition coefficient (Wildman–Crippen LogP) is -0.637. The Morgan fingerprint density at radius 2 is 2.25 bits per heavy atom. The molecule has 0 fully saturated rings. The summed E-state index contributed by atoms with van der Waals surface area (Å²) in [6.07, 6.45) is 0.268. The van der Waals surface area contributed by atoms with E-state index < -0.39 is 23.5 Å². The number of nitrogens with zero attached hydrogens (tertiary/aromatic N) is 1. The fourth-order valence-corrected chi connectivity index (χ4v) is 1.04. The zero-order valence-electron chi connectivity index (χ0n) is 8.56. The minimum absolute atomic E-state index is 0.0284. The predicted molar refractivity (Wildman–Crippen MR) is 54.0 cm³/mol. The van der Waals surface area contributed by atoms with Crippen molar-refractivity contribution in [1.82, 2.24) is 15.5 Å². The molecule has 86 valence electrons. The summed E-state index contributed by atoms with van der Waals surface area (Å²) in [6, 6.07) is 1.41. The van der Waals surface area contributed by atoms with Crippen LogP contribution in [0.25, 0.3) is 0 Å². The first-order valence-corrected chi connectivity index (χ1v) is 4.64. The number of aromatic nitrogens is 2. The van der Waals surface area contributed by atoms with Crippen LogP contribution in [0, 0.1) is 0 Å². The maximum absolute atomic E-state index is 11.5. The highest BCUT2D eigenvalue weighted by Gasteiger charge is 2.19. The van der Waals surface area contributed by atoms with Crippen LogP contribution in [0.1, 0.15) is 23.8 Å². The van der Waals surface area contributed by atoms with Crippen LogP contribution >= 0.6 is 0 Å². The maximum Gasteiger partial charge on any atom is 0.326 e. The lowest BCUT2D eigenvalue weighted by atomic mass is 10.2. The summed E-state index contributed by atoms with van der Waals surface area (Å²) in [5, 5.41) is 16.6. The number of aliphatic carboxylic acids is 1. The van der Waals surface area contributed by atoms with Crippen LogP contribution in [0.15, 0.2) is 16.9 Å². The molecule has 16 heavy (non-hydrogen) atoms. The van der Waals surface area contributed by atoms with E-state index >= 15 is 0 Å². The fourth-order valence-electron chi connectivity index (χ4n) is 1.04. The molecule has 0 saturated carbocycles. The molecule has 1 rings (SSSR count). The summed E-state index contributed by atoms with van der Waals surface area (Å²) in [7, 11) is 0. The molecule has 0 aliphatic rings. The third-order valence-electron chi connectivity index (χ3n) is 1.92. The molecule has 1 heterocycles. The monoisotopic (exact) mass is 225 g/mol. The van der Waals surface area contributed by atoms with Gasteiger partial charge in [0, 0.05) is 6.07 Å². The topological polar surface area (TPSA) is 112 Å². The average Bonchev–Trinajstić information content (AvgIpc) is 2.26. The second-order valence-electron chi connectivity index (χ2n) is 3.08. The van der Waals surface area contributed by atoms with E-state index in [0.717, 1.165) is 6.07 Å². The third kappa shape index (κ3) is 2.91. The molecule has 0 radical (unpaired) electrons. The Bertz CT molecular complexity index is 434. The van der Waals surface area contributed by atoms with Crippen LogP contribution in [0.5, 0.6) is 0 Å². The molecule has 0 spiro atoms. The zero-order valence-corrected chi connectivity index (χ0v) is 8.56. The molecule has 1 atom stereocenters. The number of carbonyl (C=O) groups is 2. The molecule has 0 aliphatic carbocycles. The first kappa shape index (κ1) is 11.9. The van der Waals surface area contributed by atoms with Gasteiger partial charge in [-0.1, -0.05) is 6.92 Å². The Balaban J connectivity index is 2.75. The van der Waals surface area contributed by atoms with Gasteiger partial charge in [0.1, 0.15) is 11.7 Å². The van der Waals surface area contributed by atoms with Crippen LogP contribution in [0.2, 0.25) is 0 Å². The highest BCUT2D eigenvalue weighted by molar-refractivity contribution is 5.94. The summed E-state index contributed by atoms with van der Waals surface area (Å²) in [5.41, 5.74) is -0.457. The standard InChI is InChI=1S/C9H11N3O4/c1-2-5(9(15)16)10-8(14)6-3-4-7(13)12-11-6/h3-5H,2H2,1H3,(H,10,14)(H,12,13)(H,15,16)/t5-/m0/s1. The molecule has 0 bridgehead atoms. The number of hydrogen-bond acceptors (Lipinski definition) is 4. The smallest absolute Gasteiger partial charge is 0.326 e. The van der Waals surface area contributed by atoms with Crippen molar-refractivity contribution in [1.29, 1.82) is 0 Å². The number of H-pyrrole nitrogens is 1. The molecule has 0 saturated heterocycles. The van der Waals surface area contributed by atoms with Gasteiger partial charge in [-0.05, 0) is 12.5 Å². The second-order valence-corrected chi connectivity index (χ2v) is 3.08. The molecule has 0 aliphatic heterocycles. The molecular weight excluding hydrogens is 214 g/mol. The molecule has 3 N–H and O–H groups in total. The molecule has 0 unspecified atom stereocenters. The van der Waals surface area contributed by atoms with E-state index in [1.165, 1.54) is 6.07 Å². The van der Waals surface area contributed by atoms with Gasteiger partial charge in [-0.15, -0.1) is 0 Å². The largest absolute Gasteiger partial charge is 0.480 e. The van der Waals surface area contributed by atoms with Crippen LogP contribution in [-0.4, -0.2) is 33.2 Å². The molecule has 7 nitrogen and oxygen atoms in total. The van der Waals surface area contributed by atoms with Crippen LogP contribution < -0.4 is 10.9 Å². The number of carbonyl (C=O) groups excluding carboxylic acids is 1. The van der Waals surface area contributed by atoms with Crippen molar-refractivity contribution in [3.8, 4) is 0 Å². The van der Waals surface area contributed by atoms with Crippen molar-refractivity contribution in [2.45, 2.75) is 19.4 Å². The number of carboxylic acid groups (broad SMARTS) is 1. The average molecular weight is 225 g/mol. The SMILES string of the molecule is CC[C@H](NC(=O)c1ccc(=O)[nH]n1)C(=O)O. The van der Waals surface area contributed by atoms with Crippen molar-refractivity contribution >= 4 is 11.9 Å². The number of hydrogen-bond donors (Lipinski definition) is 3. The van der Waals surface area contributed by atoms with E-state index in [1.54, 1.807) is 6.92 Å². The van der Waals surface area contributed by atoms with Crippen molar-refractivity contribution in [3.63, 3.8) is 0 Å². The summed E-state index contributed by atoms with van der Waals surface area (Å²) in [6.45, 7) is 1.64. The summed E-state index contributed by atoms with van der Waals surface area (Å²) < 4.78 is 0. The molecule has 0 aromatic carbocycles. The minimum Gasteiger partial charge on any atom is -0.480 e. The first-order chi connectivity index (χ1) is 7.54. The summed E-state index contributed by atoms with van der Waals surface area (Å²) >= 11 is 0. The van der Waals surface area contributed by atoms with Gasteiger partial charge in [0.25, 0.3) is 11.5 Å². The number of nitrogens with one attached hydrogen (secondary N) is 2. The van der Waals surface area contributed by atoms with E-state index in [9.17, 15) is 14.4 Å². The van der Waals surface area contributed by atoms with Gasteiger partial charge in [-0.3, -0.25) is 9.59 Å². The van der Waals surface area contributed by atoms with E-state index in [4.69, 9.17) is 5.11 Å². The Hall–Kier alpha value is -2.18. The van der Waals surface area contributed by atoms with Crippen molar-refractivity contribution < 1.29 is 14.7 Å². The summed E-state index contributed by atoms with van der Waals surface area (Å²) in [4.78, 5) is 32.8. The normalized spacial score (nSPS) is 11.8. The van der Waals surface area contributed by atoms with Gasteiger partial charge in [-0.25, -0.2) is 9.89 Å². The summed E-state index contributed by atoms with van der Waals surface area (Å²) in [5.74, 6) is -1.74. The molecule has 1 aromatic rings. The van der Waals surface area contributed by atoms with Gasteiger partial charge in [-0.2, -0.15) is 5.10 Å². The first-order valence-electron chi connectivity index (χ1n) is 4.64. The van der Waals surface area contributed by atoms with Gasteiger partial charge in [0.2, 0.25) is 0 Å². The number of amides is 1. The van der Waals surface area contributed by atoms with Crippen LogP contribution in [0.4, 0.5) is 0 Å². The molecule has 7 heteroatoms. The van der Waals surface area contributed by atoms with Crippen LogP contribution in [0.3, 0.4) is 0 Å². The van der Waals surface area contributed by atoms with E-state index in [1.807, 2.05) is 0 Å². The van der Waals surface area contributed by atoms with Crippen molar-refractivity contribution in [2.75, 3.05) is 0 Å². The lowest BCUT2D eigenvalue weighted by Gasteiger charge is -2.11. The Morgan fingerprint density at radius 3 is 2.69 bits per heavy atom.